The number of carbonyl (C=O) groups is 1. The van der Waals surface area contributed by atoms with E-state index in [0.29, 0.717) is 6.54 Å². The first-order chi connectivity index (χ1) is 13.2. The van der Waals surface area contributed by atoms with Gasteiger partial charge in [0, 0.05) is 59.9 Å². The van der Waals surface area contributed by atoms with E-state index < -0.39 is 0 Å². The molecule has 134 valence electrons. The van der Waals surface area contributed by atoms with E-state index in [4.69, 9.17) is 0 Å². The van der Waals surface area contributed by atoms with Gasteiger partial charge < -0.3 is 14.5 Å². The second-order valence-corrected chi connectivity index (χ2v) is 7.15. The number of hydrogen-bond acceptors (Lipinski definition) is 1. The number of aromatic amines is 1. The van der Waals surface area contributed by atoms with Gasteiger partial charge in [0.05, 0.1) is 5.56 Å². The van der Waals surface area contributed by atoms with Crippen LogP contribution in [0.4, 0.5) is 0 Å². The maximum atomic E-state index is 13.1. The largest absolute Gasteiger partial charge is 0.361 e. The van der Waals surface area contributed by atoms with Crippen LogP contribution in [0.2, 0.25) is 0 Å². The minimum absolute atomic E-state index is 0.112. The Balaban J connectivity index is 1.43. The predicted molar refractivity (Wildman–Crippen MR) is 110 cm³/mol. The number of aryl methyl sites for hydroxylation is 1. The highest BCUT2D eigenvalue weighted by Gasteiger charge is 2.23. The van der Waals surface area contributed by atoms with Gasteiger partial charge in [-0.25, -0.2) is 0 Å². The van der Waals surface area contributed by atoms with Crippen LogP contribution in [0, 0.1) is 0 Å². The van der Waals surface area contributed by atoms with E-state index in [0.717, 1.165) is 34.9 Å². The Morgan fingerprint density at radius 2 is 1.81 bits per heavy atom. The Bertz CT molecular complexity index is 1190. The minimum atomic E-state index is 0.112. The number of nitrogens with one attached hydrogen (secondary N) is 1. The molecule has 1 N–H and O–H groups in total. The SMILES string of the molecule is Cn1cc(C(=O)N2CC=C(c3c[nH]c4ccccc34)CC2)c2ccccc21. The van der Waals surface area contributed by atoms with Crippen molar-refractivity contribution in [1.82, 2.24) is 14.5 Å². The van der Waals surface area contributed by atoms with E-state index in [1.54, 1.807) is 0 Å². The fourth-order valence-corrected chi connectivity index (χ4v) is 4.12. The molecule has 2 aromatic heterocycles. The van der Waals surface area contributed by atoms with Gasteiger partial charge >= 0.3 is 0 Å². The lowest BCUT2D eigenvalue weighted by molar-refractivity contribution is 0.0774. The molecule has 0 atom stereocenters. The molecule has 1 aliphatic rings. The van der Waals surface area contributed by atoms with Crippen molar-refractivity contribution in [3.05, 3.63) is 78.1 Å². The lowest BCUT2D eigenvalue weighted by atomic mass is 9.98. The van der Waals surface area contributed by atoms with Gasteiger partial charge in [0.25, 0.3) is 5.91 Å². The summed E-state index contributed by atoms with van der Waals surface area (Å²) >= 11 is 0. The van der Waals surface area contributed by atoms with Crippen molar-refractivity contribution in [2.24, 2.45) is 7.05 Å². The van der Waals surface area contributed by atoms with Crippen molar-refractivity contribution in [2.75, 3.05) is 13.1 Å². The number of hydrogen-bond donors (Lipinski definition) is 1. The van der Waals surface area contributed by atoms with Gasteiger partial charge in [-0.15, -0.1) is 0 Å². The standard InChI is InChI=1S/C23H21N3O/c1-25-15-20(18-7-3-5-9-22(18)25)23(27)26-12-10-16(11-13-26)19-14-24-21-8-4-2-6-17(19)21/h2-10,14-15,24H,11-13H2,1H3. The predicted octanol–water partition coefficient (Wildman–Crippen LogP) is 4.59. The molecular weight excluding hydrogens is 334 g/mol. The zero-order valence-electron chi connectivity index (χ0n) is 15.3. The van der Waals surface area contributed by atoms with Crippen LogP contribution in [0.3, 0.4) is 0 Å². The highest BCUT2D eigenvalue weighted by atomic mass is 16.2. The number of aromatic nitrogens is 2. The van der Waals surface area contributed by atoms with Gasteiger partial charge in [-0.3, -0.25) is 4.79 Å². The second-order valence-electron chi connectivity index (χ2n) is 7.15. The topological polar surface area (TPSA) is 41.0 Å². The third kappa shape index (κ3) is 2.56. The summed E-state index contributed by atoms with van der Waals surface area (Å²) in [5.74, 6) is 0.112. The average molecular weight is 355 g/mol. The summed E-state index contributed by atoms with van der Waals surface area (Å²) in [6.07, 6.45) is 7.10. The molecule has 0 bridgehead atoms. The van der Waals surface area contributed by atoms with Crippen LogP contribution < -0.4 is 0 Å². The van der Waals surface area contributed by atoms with Crippen LogP contribution in [0.1, 0.15) is 22.3 Å². The average Bonchev–Trinajstić information content (AvgIpc) is 3.29. The molecule has 0 spiro atoms. The fraction of sp³-hybridized carbons (Fsp3) is 0.174. The molecule has 1 amide bonds. The highest BCUT2D eigenvalue weighted by molar-refractivity contribution is 6.07. The van der Waals surface area contributed by atoms with Gasteiger partial charge in [-0.1, -0.05) is 42.5 Å². The van der Waals surface area contributed by atoms with Crippen molar-refractivity contribution < 1.29 is 4.79 Å². The van der Waals surface area contributed by atoms with Crippen molar-refractivity contribution in [2.45, 2.75) is 6.42 Å². The summed E-state index contributed by atoms with van der Waals surface area (Å²) in [5, 5.41) is 2.27. The molecule has 0 saturated heterocycles. The number of carbonyl (C=O) groups excluding carboxylic acids is 1. The van der Waals surface area contributed by atoms with Crippen LogP contribution in [0.5, 0.6) is 0 Å². The quantitative estimate of drug-likeness (QED) is 0.561. The Morgan fingerprint density at radius 1 is 1.04 bits per heavy atom. The monoisotopic (exact) mass is 355 g/mol. The zero-order chi connectivity index (χ0) is 18.4. The van der Waals surface area contributed by atoms with Crippen LogP contribution in [0.15, 0.2) is 67.0 Å². The summed E-state index contributed by atoms with van der Waals surface area (Å²) in [6, 6.07) is 16.4. The summed E-state index contributed by atoms with van der Waals surface area (Å²) in [6.45, 7) is 1.39. The van der Waals surface area contributed by atoms with Crippen LogP contribution in [-0.4, -0.2) is 33.4 Å². The number of nitrogens with zero attached hydrogens (tertiary/aromatic N) is 2. The minimum Gasteiger partial charge on any atom is -0.361 e. The van der Waals surface area contributed by atoms with E-state index >= 15 is 0 Å². The summed E-state index contributed by atoms with van der Waals surface area (Å²) in [5.41, 5.74) is 5.60. The number of amides is 1. The number of rotatable bonds is 2. The third-order valence-corrected chi connectivity index (χ3v) is 5.56. The van der Waals surface area contributed by atoms with Gasteiger partial charge in [0.15, 0.2) is 0 Å². The molecule has 4 heteroatoms. The van der Waals surface area contributed by atoms with E-state index in [1.165, 1.54) is 16.5 Å². The first-order valence-corrected chi connectivity index (χ1v) is 9.31. The molecule has 4 aromatic rings. The molecule has 2 aromatic carbocycles. The molecular formula is C23H21N3O. The van der Waals surface area contributed by atoms with Crippen LogP contribution >= 0.6 is 0 Å². The maximum absolute atomic E-state index is 13.1. The molecule has 0 fully saturated rings. The van der Waals surface area contributed by atoms with E-state index in [9.17, 15) is 4.79 Å². The summed E-state index contributed by atoms with van der Waals surface area (Å²) < 4.78 is 2.03. The molecule has 27 heavy (non-hydrogen) atoms. The maximum Gasteiger partial charge on any atom is 0.256 e. The van der Waals surface area contributed by atoms with E-state index in [-0.39, 0.29) is 5.91 Å². The lowest BCUT2D eigenvalue weighted by Crippen LogP contribution is -2.34. The Kier molecular flexibility index (Phi) is 3.64. The molecule has 0 aliphatic carbocycles. The van der Waals surface area contributed by atoms with Gasteiger partial charge in [-0.2, -0.15) is 0 Å². The Labute approximate surface area is 157 Å². The molecule has 4 nitrogen and oxygen atoms in total. The van der Waals surface area contributed by atoms with Gasteiger partial charge in [-0.05, 0) is 24.1 Å². The summed E-state index contributed by atoms with van der Waals surface area (Å²) in [4.78, 5) is 18.4. The molecule has 0 saturated carbocycles. The molecule has 5 rings (SSSR count). The number of benzene rings is 2. The van der Waals surface area contributed by atoms with E-state index in [2.05, 4.69) is 41.5 Å². The lowest BCUT2D eigenvalue weighted by Gasteiger charge is -2.26. The van der Waals surface area contributed by atoms with E-state index in [1.807, 2.05) is 47.0 Å². The second kappa shape index (κ2) is 6.16. The molecule has 3 heterocycles. The van der Waals surface area contributed by atoms with Gasteiger partial charge in [0.1, 0.15) is 0 Å². The molecule has 0 unspecified atom stereocenters. The van der Waals surface area contributed by atoms with Crippen LogP contribution in [0.25, 0.3) is 27.4 Å². The normalized spacial score (nSPS) is 14.7. The zero-order valence-corrected chi connectivity index (χ0v) is 15.3. The number of fused-ring (bicyclic) bond motifs is 2. The Morgan fingerprint density at radius 3 is 2.63 bits per heavy atom. The first kappa shape index (κ1) is 15.9. The first-order valence-electron chi connectivity index (χ1n) is 9.31. The summed E-state index contributed by atoms with van der Waals surface area (Å²) in [7, 11) is 1.99. The molecule has 0 radical (unpaired) electrons. The van der Waals surface area contributed by atoms with Crippen molar-refractivity contribution in [3.8, 4) is 0 Å². The number of H-pyrrole nitrogens is 1. The fourth-order valence-electron chi connectivity index (χ4n) is 4.12. The highest BCUT2D eigenvalue weighted by Crippen LogP contribution is 2.30. The van der Waals surface area contributed by atoms with Crippen LogP contribution in [-0.2, 0) is 7.05 Å². The van der Waals surface area contributed by atoms with Crippen molar-refractivity contribution in [3.63, 3.8) is 0 Å². The third-order valence-electron chi connectivity index (χ3n) is 5.56. The number of para-hydroxylation sites is 2. The molecule has 1 aliphatic heterocycles. The Hall–Kier alpha value is -3.27. The van der Waals surface area contributed by atoms with Crippen molar-refractivity contribution >= 4 is 33.3 Å². The smallest absolute Gasteiger partial charge is 0.256 e. The van der Waals surface area contributed by atoms with Gasteiger partial charge in [0.2, 0.25) is 0 Å². The van der Waals surface area contributed by atoms with Crippen molar-refractivity contribution in [1.29, 1.82) is 0 Å².